The molecule has 0 N–H and O–H groups in total. The van der Waals surface area contributed by atoms with Crippen LogP contribution >= 0.6 is 0 Å². The number of carbonyl (C=O) groups excluding carboxylic acids is 2. The first-order chi connectivity index (χ1) is 14.9. The third-order valence-electron chi connectivity index (χ3n) is 5.27. The molecular weight excluding hydrogens is 416 g/mol. The summed E-state index contributed by atoms with van der Waals surface area (Å²) in [6.07, 6.45) is 3.07. The van der Waals surface area contributed by atoms with Crippen molar-refractivity contribution in [2.24, 2.45) is 0 Å². The first kappa shape index (κ1) is 23.6. The minimum atomic E-state index is -1.04. The van der Waals surface area contributed by atoms with Gasteiger partial charge in [0.05, 0.1) is 11.9 Å². The number of carbonyl (C=O) groups is 2. The molecule has 8 heteroatoms. The van der Waals surface area contributed by atoms with Crippen LogP contribution in [0, 0.1) is 11.6 Å². The molecule has 6 nitrogen and oxygen atoms in total. The number of benzene rings is 1. The summed E-state index contributed by atoms with van der Waals surface area (Å²) in [6.45, 7) is 5.16. The van der Waals surface area contributed by atoms with Crippen molar-refractivity contribution in [1.29, 1.82) is 0 Å². The lowest BCUT2D eigenvalue weighted by molar-refractivity contribution is -0.123. The summed E-state index contributed by atoms with van der Waals surface area (Å²) in [6, 6.07) is 5.73. The van der Waals surface area contributed by atoms with Crippen molar-refractivity contribution < 1.29 is 23.1 Å². The van der Waals surface area contributed by atoms with Crippen LogP contribution in [0.25, 0.3) is 0 Å². The average Bonchev–Trinajstić information content (AvgIpc) is 3.54. The Kier molecular flexibility index (Phi) is 6.81. The molecule has 1 saturated carbocycles. The Labute approximate surface area is 187 Å². The van der Waals surface area contributed by atoms with E-state index in [9.17, 15) is 18.4 Å². The zero-order valence-electron chi connectivity index (χ0n) is 19.1. The standard InChI is InChI=1S/C24H29F2N3O3/c1-24(2,3)32-23(31)29(5)21(12-15-10-17(25)13-18(26)11-15)22(30)28(4)19-8-9-20(27-14-19)16-6-7-16/h8-11,13-14,16,21H,6-7,12H2,1-5H3/t21-/m0/s1. The monoisotopic (exact) mass is 445 g/mol. The third kappa shape index (κ3) is 6.02. The molecular formula is C24H29F2N3O3. The van der Waals surface area contributed by atoms with Crippen molar-refractivity contribution in [2.45, 2.75) is 57.6 Å². The summed E-state index contributed by atoms with van der Waals surface area (Å²) in [5, 5.41) is 0. The number of halogens is 2. The smallest absolute Gasteiger partial charge is 0.410 e. The normalized spacial score (nSPS) is 14.6. The van der Waals surface area contributed by atoms with Crippen molar-refractivity contribution in [3.05, 3.63) is 59.4 Å². The summed E-state index contributed by atoms with van der Waals surface area (Å²) in [4.78, 5) is 33.1. The third-order valence-corrected chi connectivity index (χ3v) is 5.27. The number of aromatic nitrogens is 1. The van der Waals surface area contributed by atoms with E-state index < -0.39 is 35.3 Å². The van der Waals surface area contributed by atoms with Gasteiger partial charge in [-0.05, 0) is 63.4 Å². The lowest BCUT2D eigenvalue weighted by atomic mass is 10.0. The van der Waals surface area contributed by atoms with Crippen molar-refractivity contribution in [1.82, 2.24) is 9.88 Å². The van der Waals surface area contributed by atoms with Crippen molar-refractivity contribution in [2.75, 3.05) is 19.0 Å². The molecule has 32 heavy (non-hydrogen) atoms. The number of hydrogen-bond acceptors (Lipinski definition) is 4. The lowest BCUT2D eigenvalue weighted by Crippen LogP contribution is -2.50. The van der Waals surface area contributed by atoms with Crippen LogP contribution in [-0.4, -0.2) is 47.6 Å². The molecule has 0 spiro atoms. The molecule has 1 heterocycles. The molecule has 1 atom stereocenters. The number of likely N-dealkylation sites (N-methyl/N-ethyl adjacent to an activating group) is 2. The molecule has 2 aromatic rings. The zero-order chi connectivity index (χ0) is 23.6. The van der Waals surface area contributed by atoms with E-state index in [0.29, 0.717) is 11.6 Å². The van der Waals surface area contributed by atoms with Gasteiger partial charge >= 0.3 is 6.09 Å². The summed E-state index contributed by atoms with van der Waals surface area (Å²) in [5.74, 6) is -1.44. The van der Waals surface area contributed by atoms with Gasteiger partial charge in [0.25, 0.3) is 0 Å². The molecule has 0 aliphatic heterocycles. The van der Waals surface area contributed by atoms with Gasteiger partial charge in [0, 0.05) is 38.2 Å². The minimum absolute atomic E-state index is 0.0822. The Morgan fingerprint density at radius 3 is 2.25 bits per heavy atom. The van der Waals surface area contributed by atoms with Crippen LogP contribution in [-0.2, 0) is 16.0 Å². The molecule has 1 aliphatic rings. The highest BCUT2D eigenvalue weighted by Crippen LogP contribution is 2.39. The number of ether oxygens (including phenoxy) is 1. The number of pyridine rings is 1. The second-order valence-corrected chi connectivity index (χ2v) is 9.20. The fraction of sp³-hybridized carbons (Fsp3) is 0.458. The SMILES string of the molecule is CN(C(=O)[C@H](Cc1cc(F)cc(F)c1)N(C)C(=O)OC(C)(C)C)c1ccc(C2CC2)nc1. The lowest BCUT2D eigenvalue weighted by Gasteiger charge is -2.32. The predicted octanol–water partition coefficient (Wildman–Crippen LogP) is 4.68. The second kappa shape index (κ2) is 9.22. The van der Waals surface area contributed by atoms with Crippen LogP contribution in [0.5, 0.6) is 0 Å². The van der Waals surface area contributed by atoms with Gasteiger partial charge in [-0.25, -0.2) is 13.6 Å². The fourth-order valence-corrected chi connectivity index (χ4v) is 3.37. The van der Waals surface area contributed by atoms with Gasteiger partial charge in [0.1, 0.15) is 23.3 Å². The van der Waals surface area contributed by atoms with Gasteiger partial charge < -0.3 is 9.64 Å². The van der Waals surface area contributed by atoms with E-state index in [-0.39, 0.29) is 12.0 Å². The molecule has 0 unspecified atom stereocenters. The van der Waals surface area contributed by atoms with Crippen LogP contribution in [0.3, 0.4) is 0 Å². The number of amides is 2. The van der Waals surface area contributed by atoms with E-state index >= 15 is 0 Å². The van der Waals surface area contributed by atoms with E-state index in [4.69, 9.17) is 4.74 Å². The van der Waals surface area contributed by atoms with Crippen molar-refractivity contribution >= 4 is 17.7 Å². The number of nitrogens with zero attached hydrogens (tertiary/aromatic N) is 3. The maximum Gasteiger partial charge on any atom is 0.410 e. The Hall–Kier alpha value is -3.03. The Morgan fingerprint density at radius 1 is 1.12 bits per heavy atom. The molecule has 0 bridgehead atoms. The van der Waals surface area contributed by atoms with Gasteiger partial charge in [-0.3, -0.25) is 14.7 Å². The molecule has 1 aliphatic carbocycles. The molecule has 3 rings (SSSR count). The Morgan fingerprint density at radius 2 is 1.75 bits per heavy atom. The van der Waals surface area contributed by atoms with Gasteiger partial charge in [-0.1, -0.05) is 0 Å². The number of anilines is 1. The van der Waals surface area contributed by atoms with E-state index in [0.717, 1.165) is 36.7 Å². The quantitative estimate of drug-likeness (QED) is 0.648. The topological polar surface area (TPSA) is 62.7 Å². The number of hydrogen-bond donors (Lipinski definition) is 0. The van der Waals surface area contributed by atoms with E-state index in [1.54, 1.807) is 34.0 Å². The Bertz CT molecular complexity index is 965. The van der Waals surface area contributed by atoms with E-state index in [2.05, 4.69) is 4.98 Å². The van der Waals surface area contributed by atoms with Crippen LogP contribution in [0.1, 0.15) is 50.8 Å². The van der Waals surface area contributed by atoms with Crippen LogP contribution in [0.2, 0.25) is 0 Å². The van der Waals surface area contributed by atoms with Crippen molar-refractivity contribution in [3.63, 3.8) is 0 Å². The summed E-state index contributed by atoms with van der Waals surface area (Å²) in [7, 11) is 3.02. The van der Waals surface area contributed by atoms with E-state index in [1.807, 2.05) is 12.1 Å². The highest BCUT2D eigenvalue weighted by molar-refractivity contribution is 5.98. The molecule has 1 aromatic heterocycles. The van der Waals surface area contributed by atoms with Gasteiger partial charge in [-0.15, -0.1) is 0 Å². The highest BCUT2D eigenvalue weighted by Gasteiger charge is 2.33. The van der Waals surface area contributed by atoms with Gasteiger partial charge in [0.2, 0.25) is 5.91 Å². The molecule has 0 radical (unpaired) electrons. The first-order valence-electron chi connectivity index (χ1n) is 10.6. The molecule has 1 aromatic carbocycles. The van der Waals surface area contributed by atoms with Gasteiger partial charge in [-0.2, -0.15) is 0 Å². The predicted molar refractivity (Wildman–Crippen MR) is 117 cm³/mol. The minimum Gasteiger partial charge on any atom is -0.444 e. The number of rotatable bonds is 6. The van der Waals surface area contributed by atoms with E-state index in [1.165, 1.54) is 16.8 Å². The van der Waals surface area contributed by atoms with Gasteiger partial charge in [0.15, 0.2) is 0 Å². The maximum absolute atomic E-state index is 13.7. The fourth-order valence-electron chi connectivity index (χ4n) is 3.37. The maximum atomic E-state index is 13.7. The zero-order valence-corrected chi connectivity index (χ0v) is 19.1. The average molecular weight is 446 g/mol. The molecule has 2 amide bonds. The first-order valence-corrected chi connectivity index (χ1v) is 10.6. The Balaban J connectivity index is 1.86. The van der Waals surface area contributed by atoms with Crippen LogP contribution in [0.4, 0.5) is 19.3 Å². The van der Waals surface area contributed by atoms with Crippen molar-refractivity contribution in [3.8, 4) is 0 Å². The second-order valence-electron chi connectivity index (χ2n) is 9.20. The summed E-state index contributed by atoms with van der Waals surface area (Å²) >= 11 is 0. The van der Waals surface area contributed by atoms with Crippen LogP contribution < -0.4 is 4.90 Å². The molecule has 0 saturated heterocycles. The summed E-state index contributed by atoms with van der Waals surface area (Å²) < 4.78 is 32.9. The summed E-state index contributed by atoms with van der Waals surface area (Å²) in [5.41, 5.74) is 1.05. The van der Waals surface area contributed by atoms with Crippen LogP contribution in [0.15, 0.2) is 36.5 Å². The molecule has 172 valence electrons. The highest BCUT2D eigenvalue weighted by atomic mass is 19.1. The molecule has 1 fully saturated rings. The largest absolute Gasteiger partial charge is 0.444 e.